The lowest BCUT2D eigenvalue weighted by atomic mass is 9.88. The monoisotopic (exact) mass is 775 g/mol. The highest BCUT2D eigenvalue weighted by Gasteiger charge is 2.34. The van der Waals surface area contributed by atoms with E-state index in [1.54, 1.807) is 0 Å². The van der Waals surface area contributed by atoms with Crippen LogP contribution in [0.2, 0.25) is 5.02 Å². The summed E-state index contributed by atoms with van der Waals surface area (Å²) in [6.45, 7) is 0.917. The van der Waals surface area contributed by atoms with E-state index in [1.165, 1.54) is 54.9 Å². The number of ether oxygens (including phenoxy) is 2. The number of benzene rings is 4. The second-order valence-corrected chi connectivity index (χ2v) is 13.6. The summed E-state index contributed by atoms with van der Waals surface area (Å²) in [6.07, 6.45) is 4.01. The first-order chi connectivity index (χ1) is 27.2. The summed E-state index contributed by atoms with van der Waals surface area (Å²) in [4.78, 5) is 49.2. The maximum absolute atomic E-state index is 15.6. The van der Waals surface area contributed by atoms with Crippen LogP contribution >= 0.6 is 11.6 Å². The van der Waals surface area contributed by atoms with Crippen molar-refractivity contribution in [2.75, 3.05) is 30.3 Å². The lowest BCUT2D eigenvalue weighted by Gasteiger charge is -2.23. The van der Waals surface area contributed by atoms with Gasteiger partial charge in [-0.15, -0.1) is 0 Å². The predicted octanol–water partition coefficient (Wildman–Crippen LogP) is 8.18. The van der Waals surface area contributed by atoms with E-state index >= 15 is 4.39 Å². The van der Waals surface area contributed by atoms with Gasteiger partial charge in [-0.05, 0) is 66.9 Å². The molecule has 0 saturated carbocycles. The van der Waals surface area contributed by atoms with Crippen LogP contribution in [0.3, 0.4) is 0 Å². The van der Waals surface area contributed by atoms with Crippen LogP contribution in [0.25, 0.3) is 0 Å². The van der Waals surface area contributed by atoms with E-state index in [-0.39, 0.29) is 45.4 Å². The number of aromatic nitrogens is 1. The van der Waals surface area contributed by atoms with Crippen molar-refractivity contribution in [2.24, 2.45) is 10.9 Å². The summed E-state index contributed by atoms with van der Waals surface area (Å²) < 4.78 is 40.7. The zero-order valence-corrected chi connectivity index (χ0v) is 30.6. The molecule has 2 aliphatic rings. The molecule has 4 aromatic carbocycles. The van der Waals surface area contributed by atoms with Gasteiger partial charge < -0.3 is 25.4 Å². The van der Waals surface area contributed by atoms with Crippen LogP contribution in [-0.4, -0.2) is 48.6 Å². The lowest BCUT2D eigenvalue weighted by Crippen LogP contribution is -2.34. The van der Waals surface area contributed by atoms with Crippen molar-refractivity contribution in [3.63, 3.8) is 0 Å². The Kier molecular flexibility index (Phi) is 11.9. The van der Waals surface area contributed by atoms with E-state index in [0.717, 1.165) is 17.2 Å². The molecule has 0 spiro atoms. The third-order valence-corrected chi connectivity index (χ3v) is 9.85. The number of pyridine rings is 1. The molecule has 3 heterocycles. The highest BCUT2D eigenvalue weighted by molar-refractivity contribution is 6.34. The number of esters is 1. The van der Waals surface area contributed by atoms with E-state index in [2.05, 4.69) is 25.9 Å². The molecule has 7 rings (SSSR count). The van der Waals surface area contributed by atoms with Crippen LogP contribution in [0.5, 0.6) is 11.5 Å². The third kappa shape index (κ3) is 8.83. The van der Waals surface area contributed by atoms with Crippen molar-refractivity contribution in [2.45, 2.75) is 24.8 Å². The smallest absolute Gasteiger partial charge is 0.309 e. The van der Waals surface area contributed by atoms with Crippen molar-refractivity contribution < 1.29 is 32.6 Å². The Morgan fingerprint density at radius 2 is 1.55 bits per heavy atom. The SMILES string of the molecule is O=C(Nc1ccc(Oc2ccnc(NC(c3ccccc3)c3ccccc3)c2Cl)c(F)c1)C1=C(COC(=O)C2CCNCC2)N=CC(c2ccc(F)cc2)C1=O. The molecule has 0 radical (unpaired) electrons. The average Bonchev–Trinajstić information content (AvgIpc) is 3.22. The highest BCUT2D eigenvalue weighted by Crippen LogP contribution is 2.38. The summed E-state index contributed by atoms with van der Waals surface area (Å²) in [5.74, 6) is -4.39. The van der Waals surface area contributed by atoms with Crippen LogP contribution in [0, 0.1) is 17.6 Å². The molecule has 0 aliphatic carbocycles. The van der Waals surface area contributed by atoms with Gasteiger partial charge in [0.1, 0.15) is 28.8 Å². The number of Topliss-reactive ketones (excluding diaryl/α,β-unsaturated/α-hetero) is 1. The van der Waals surface area contributed by atoms with Gasteiger partial charge in [0.15, 0.2) is 23.1 Å². The third-order valence-electron chi connectivity index (χ3n) is 9.49. The van der Waals surface area contributed by atoms with Gasteiger partial charge in [0.2, 0.25) is 0 Å². The van der Waals surface area contributed by atoms with Crippen molar-refractivity contribution in [1.29, 1.82) is 0 Å². The number of piperidine rings is 1. The number of carbonyl (C=O) groups is 3. The second kappa shape index (κ2) is 17.5. The zero-order chi connectivity index (χ0) is 39.0. The average molecular weight is 776 g/mol. The predicted molar refractivity (Wildman–Crippen MR) is 209 cm³/mol. The number of halogens is 3. The topological polar surface area (TPSA) is 131 Å². The first-order valence-electron chi connectivity index (χ1n) is 18.0. The van der Waals surface area contributed by atoms with Crippen LogP contribution < -0.4 is 20.7 Å². The fourth-order valence-corrected chi connectivity index (χ4v) is 6.74. The number of carbonyl (C=O) groups excluding carboxylic acids is 3. The molecular formula is C43H36ClF2N5O5. The van der Waals surface area contributed by atoms with Crippen LogP contribution in [0.1, 0.15) is 41.5 Å². The lowest BCUT2D eigenvalue weighted by molar-refractivity contribution is -0.148. The Balaban J connectivity index is 1.09. The Morgan fingerprint density at radius 1 is 0.875 bits per heavy atom. The molecule has 56 heavy (non-hydrogen) atoms. The maximum atomic E-state index is 15.6. The highest BCUT2D eigenvalue weighted by atomic mass is 35.5. The van der Waals surface area contributed by atoms with Gasteiger partial charge in [-0.1, -0.05) is 84.4 Å². The number of rotatable bonds is 12. The normalized spacial score (nSPS) is 15.8. The Labute approximate surface area is 326 Å². The molecule has 0 bridgehead atoms. The van der Waals surface area contributed by atoms with Gasteiger partial charge in [-0.25, -0.2) is 13.8 Å². The van der Waals surface area contributed by atoms with Crippen LogP contribution in [-0.2, 0) is 19.1 Å². The van der Waals surface area contributed by atoms with Gasteiger partial charge in [-0.3, -0.25) is 19.4 Å². The summed E-state index contributed by atoms with van der Waals surface area (Å²) in [5, 5.41) is 9.25. The summed E-state index contributed by atoms with van der Waals surface area (Å²) in [6, 6.07) is 29.7. The molecule has 284 valence electrons. The molecule has 2 aliphatic heterocycles. The van der Waals surface area contributed by atoms with Crippen molar-refractivity contribution in [1.82, 2.24) is 10.3 Å². The molecule has 1 atom stereocenters. The van der Waals surface area contributed by atoms with Crippen LogP contribution in [0.4, 0.5) is 20.3 Å². The molecule has 5 aromatic rings. The number of amides is 1. The molecule has 1 fully saturated rings. The number of hydrogen-bond donors (Lipinski definition) is 3. The molecule has 3 N–H and O–H groups in total. The minimum Gasteiger partial charge on any atom is -0.459 e. The van der Waals surface area contributed by atoms with E-state index in [9.17, 15) is 18.8 Å². The maximum Gasteiger partial charge on any atom is 0.309 e. The Morgan fingerprint density at radius 3 is 2.21 bits per heavy atom. The van der Waals surface area contributed by atoms with E-state index < -0.39 is 41.8 Å². The van der Waals surface area contributed by atoms with Crippen LogP contribution in [0.15, 0.2) is 132 Å². The number of anilines is 2. The Hall–Kier alpha value is -6.24. The number of nitrogens with zero attached hydrogens (tertiary/aromatic N) is 2. The summed E-state index contributed by atoms with van der Waals surface area (Å²) in [7, 11) is 0. The van der Waals surface area contributed by atoms with Gasteiger partial charge in [0.25, 0.3) is 5.91 Å². The standard InChI is InChI=1S/C43H36ClF2N5O5/c44-38-36(19-22-48-41(38)51-39(27-7-3-1-4-8-27)28-9-5-2-6-10-28)56-35-16-15-31(23-33(35)46)50-42(53)37-34(25-55-43(54)29-17-20-47-21-18-29)49-24-32(40(37)52)26-11-13-30(45)14-12-26/h1-16,19,22-24,29,32,39,47H,17-18,20-21,25H2,(H,48,51)(H,50,53). The summed E-state index contributed by atoms with van der Waals surface area (Å²) >= 11 is 6.77. The number of ketones is 1. The number of hydrogen-bond acceptors (Lipinski definition) is 9. The van der Waals surface area contributed by atoms with Gasteiger partial charge in [-0.2, -0.15) is 0 Å². The number of nitrogens with one attached hydrogen (secondary N) is 3. The first kappa shape index (κ1) is 38.1. The Bertz CT molecular complexity index is 2240. The van der Waals surface area contributed by atoms with E-state index in [0.29, 0.717) is 37.3 Å². The van der Waals surface area contributed by atoms with E-state index in [4.69, 9.17) is 21.1 Å². The molecule has 1 amide bonds. The molecule has 1 unspecified atom stereocenters. The minimum absolute atomic E-state index is 0.0100. The van der Waals surface area contributed by atoms with Gasteiger partial charge >= 0.3 is 5.97 Å². The molecular weight excluding hydrogens is 740 g/mol. The fraction of sp³-hybridized carbons (Fsp3) is 0.186. The second-order valence-electron chi connectivity index (χ2n) is 13.2. The van der Waals surface area contributed by atoms with Crippen molar-refractivity contribution in [3.8, 4) is 11.5 Å². The molecule has 10 nitrogen and oxygen atoms in total. The van der Waals surface area contributed by atoms with Crippen molar-refractivity contribution in [3.05, 3.63) is 160 Å². The summed E-state index contributed by atoms with van der Waals surface area (Å²) in [5.41, 5.74) is 1.93. The van der Waals surface area contributed by atoms with Crippen molar-refractivity contribution >= 4 is 47.0 Å². The van der Waals surface area contributed by atoms with Gasteiger partial charge in [0.05, 0.1) is 23.6 Å². The minimum atomic E-state index is -1.01. The zero-order valence-electron chi connectivity index (χ0n) is 29.9. The number of aliphatic imine (C=N–C) groups is 1. The quantitative estimate of drug-likeness (QED) is 0.0855. The fourth-order valence-electron chi connectivity index (χ4n) is 6.54. The van der Waals surface area contributed by atoms with E-state index in [1.807, 2.05) is 60.7 Å². The van der Waals surface area contributed by atoms with Gasteiger partial charge in [0, 0.05) is 30.2 Å². The first-order valence-corrected chi connectivity index (χ1v) is 18.4. The molecule has 1 saturated heterocycles. The molecule has 13 heteroatoms. The molecule has 1 aromatic heterocycles. The largest absolute Gasteiger partial charge is 0.459 e.